The Hall–Kier alpha value is -2.73. The summed E-state index contributed by atoms with van der Waals surface area (Å²) in [6, 6.07) is 14.1. The number of benzene rings is 2. The lowest BCUT2D eigenvalue weighted by molar-refractivity contribution is -0.143. The minimum absolute atomic E-state index is 0.0369. The Bertz CT molecular complexity index is 994. The molecule has 0 bridgehead atoms. The molecule has 0 fully saturated rings. The van der Waals surface area contributed by atoms with Crippen molar-refractivity contribution in [2.45, 2.75) is 30.6 Å². The SMILES string of the molecule is Cc1c(O)ccc2c(COC(=O)[C@@H](C)Sc3ccccc3)cc(=O)oc12. The monoisotopic (exact) mass is 370 g/mol. The highest BCUT2D eigenvalue weighted by molar-refractivity contribution is 8.00. The molecule has 1 aromatic heterocycles. The van der Waals surface area contributed by atoms with Crippen LogP contribution in [0.1, 0.15) is 18.1 Å². The van der Waals surface area contributed by atoms with Gasteiger partial charge in [-0.25, -0.2) is 4.79 Å². The van der Waals surface area contributed by atoms with E-state index in [1.165, 1.54) is 23.9 Å². The maximum atomic E-state index is 12.3. The van der Waals surface area contributed by atoms with Gasteiger partial charge in [-0.05, 0) is 38.1 Å². The molecule has 134 valence electrons. The molecule has 0 aliphatic heterocycles. The molecule has 1 heterocycles. The second kappa shape index (κ2) is 7.66. The molecule has 0 saturated heterocycles. The van der Waals surface area contributed by atoms with E-state index in [0.29, 0.717) is 22.1 Å². The molecule has 0 unspecified atom stereocenters. The van der Waals surface area contributed by atoms with Crippen LogP contribution in [0.3, 0.4) is 0 Å². The Labute approximate surface area is 154 Å². The number of fused-ring (bicyclic) bond motifs is 1. The number of hydrogen-bond donors (Lipinski definition) is 1. The largest absolute Gasteiger partial charge is 0.508 e. The van der Waals surface area contributed by atoms with E-state index < -0.39 is 5.63 Å². The topological polar surface area (TPSA) is 76.7 Å². The molecule has 0 saturated carbocycles. The zero-order valence-corrected chi connectivity index (χ0v) is 15.2. The van der Waals surface area contributed by atoms with Gasteiger partial charge < -0.3 is 14.3 Å². The van der Waals surface area contributed by atoms with Crippen LogP contribution in [-0.4, -0.2) is 16.3 Å². The molecule has 2 aromatic carbocycles. The maximum Gasteiger partial charge on any atom is 0.336 e. The van der Waals surface area contributed by atoms with Crippen molar-refractivity contribution in [3.63, 3.8) is 0 Å². The number of esters is 1. The van der Waals surface area contributed by atoms with Crippen molar-refractivity contribution in [2.75, 3.05) is 0 Å². The van der Waals surface area contributed by atoms with Crippen molar-refractivity contribution in [3.05, 3.63) is 70.1 Å². The third-order valence-corrected chi connectivity index (χ3v) is 5.07. The van der Waals surface area contributed by atoms with Crippen LogP contribution in [0.2, 0.25) is 0 Å². The van der Waals surface area contributed by atoms with E-state index in [-0.39, 0.29) is 23.6 Å². The quantitative estimate of drug-likeness (QED) is 0.415. The molecule has 0 aliphatic carbocycles. The summed E-state index contributed by atoms with van der Waals surface area (Å²) in [5, 5.41) is 10.0. The van der Waals surface area contributed by atoms with Gasteiger partial charge in [0.2, 0.25) is 0 Å². The first-order valence-electron chi connectivity index (χ1n) is 8.09. The average Bonchev–Trinajstić information content (AvgIpc) is 2.63. The lowest BCUT2D eigenvalue weighted by atomic mass is 10.1. The molecule has 1 atom stereocenters. The number of aromatic hydroxyl groups is 1. The molecular weight excluding hydrogens is 352 g/mol. The van der Waals surface area contributed by atoms with Crippen molar-refractivity contribution < 1.29 is 19.1 Å². The second-order valence-electron chi connectivity index (χ2n) is 5.86. The Morgan fingerprint density at radius 1 is 1.23 bits per heavy atom. The summed E-state index contributed by atoms with van der Waals surface area (Å²) >= 11 is 1.41. The van der Waals surface area contributed by atoms with E-state index in [0.717, 1.165) is 4.90 Å². The molecule has 0 spiro atoms. The van der Waals surface area contributed by atoms with Crippen LogP contribution in [0, 0.1) is 6.92 Å². The molecule has 0 amide bonds. The number of carbonyl (C=O) groups is 1. The number of ether oxygens (including phenoxy) is 1. The van der Waals surface area contributed by atoms with Crippen LogP contribution in [-0.2, 0) is 16.1 Å². The smallest absolute Gasteiger partial charge is 0.336 e. The standard InChI is InChI=1S/C20H18O5S/c1-12-17(21)9-8-16-14(10-18(22)25-19(12)16)11-24-20(23)13(2)26-15-6-4-3-5-7-15/h3-10,13,21H,11H2,1-2H3/t13-/m1/s1. The first kappa shape index (κ1) is 18.1. The fourth-order valence-electron chi connectivity index (χ4n) is 2.55. The molecule has 5 nitrogen and oxygen atoms in total. The summed E-state index contributed by atoms with van der Waals surface area (Å²) in [6.45, 7) is 3.40. The van der Waals surface area contributed by atoms with E-state index in [2.05, 4.69) is 0 Å². The van der Waals surface area contributed by atoms with Crippen LogP contribution in [0.5, 0.6) is 5.75 Å². The van der Waals surface area contributed by atoms with E-state index in [4.69, 9.17) is 9.15 Å². The first-order chi connectivity index (χ1) is 12.5. The van der Waals surface area contributed by atoms with Crippen LogP contribution >= 0.6 is 11.8 Å². The highest BCUT2D eigenvalue weighted by Crippen LogP contribution is 2.28. The van der Waals surface area contributed by atoms with Crippen molar-refractivity contribution in [3.8, 4) is 5.75 Å². The Morgan fingerprint density at radius 3 is 2.69 bits per heavy atom. The van der Waals surface area contributed by atoms with E-state index in [9.17, 15) is 14.7 Å². The predicted octanol–water partition coefficient (Wildman–Crippen LogP) is 4.03. The Morgan fingerprint density at radius 2 is 1.96 bits per heavy atom. The molecule has 0 aliphatic rings. The van der Waals surface area contributed by atoms with Crippen LogP contribution in [0.15, 0.2) is 62.6 Å². The molecule has 6 heteroatoms. The zero-order valence-electron chi connectivity index (χ0n) is 14.4. The summed E-state index contributed by atoms with van der Waals surface area (Å²) in [5.74, 6) is -0.321. The van der Waals surface area contributed by atoms with Gasteiger partial charge in [0.25, 0.3) is 0 Å². The van der Waals surface area contributed by atoms with Crippen LogP contribution < -0.4 is 5.63 Å². The number of thioether (sulfide) groups is 1. The summed E-state index contributed by atoms with van der Waals surface area (Å²) in [7, 11) is 0. The summed E-state index contributed by atoms with van der Waals surface area (Å²) in [6.07, 6.45) is 0. The summed E-state index contributed by atoms with van der Waals surface area (Å²) in [4.78, 5) is 25.1. The van der Waals surface area contributed by atoms with Gasteiger partial charge in [-0.15, -0.1) is 11.8 Å². The van der Waals surface area contributed by atoms with Gasteiger partial charge in [0.15, 0.2) is 0 Å². The maximum absolute atomic E-state index is 12.3. The van der Waals surface area contributed by atoms with E-state index >= 15 is 0 Å². The van der Waals surface area contributed by atoms with Crippen molar-refractivity contribution >= 4 is 28.7 Å². The van der Waals surface area contributed by atoms with Crippen molar-refractivity contribution in [2.24, 2.45) is 0 Å². The fraction of sp³-hybridized carbons (Fsp3) is 0.200. The molecule has 3 aromatic rings. The third-order valence-electron chi connectivity index (χ3n) is 3.98. The van der Waals surface area contributed by atoms with E-state index in [1.807, 2.05) is 30.3 Å². The number of phenolic OH excluding ortho intramolecular Hbond substituents is 1. The third kappa shape index (κ3) is 3.91. The number of phenols is 1. The second-order valence-corrected chi connectivity index (χ2v) is 7.27. The Kier molecular flexibility index (Phi) is 5.32. The van der Waals surface area contributed by atoms with Gasteiger partial charge in [-0.3, -0.25) is 4.79 Å². The fourth-order valence-corrected chi connectivity index (χ4v) is 3.44. The molecule has 0 radical (unpaired) electrons. The van der Waals surface area contributed by atoms with Gasteiger partial charge in [0.05, 0.1) is 0 Å². The number of aryl methyl sites for hydroxylation is 1. The number of carbonyl (C=O) groups excluding carboxylic acids is 1. The zero-order chi connectivity index (χ0) is 18.7. The van der Waals surface area contributed by atoms with Crippen molar-refractivity contribution in [1.82, 2.24) is 0 Å². The summed E-state index contributed by atoms with van der Waals surface area (Å²) in [5.41, 5.74) is 0.768. The Balaban J connectivity index is 1.76. The minimum atomic E-state index is -0.552. The normalized spacial score (nSPS) is 12.1. The predicted molar refractivity (Wildman–Crippen MR) is 100 cm³/mol. The lowest BCUT2D eigenvalue weighted by Gasteiger charge is -2.12. The van der Waals surface area contributed by atoms with Crippen molar-refractivity contribution in [1.29, 1.82) is 0 Å². The number of hydrogen-bond acceptors (Lipinski definition) is 6. The van der Waals surface area contributed by atoms with Crippen LogP contribution in [0.25, 0.3) is 11.0 Å². The van der Waals surface area contributed by atoms with Gasteiger partial charge in [-0.1, -0.05) is 18.2 Å². The molecular formula is C20H18O5S. The van der Waals surface area contributed by atoms with Gasteiger partial charge in [0, 0.05) is 27.5 Å². The molecule has 1 N–H and O–H groups in total. The van der Waals surface area contributed by atoms with E-state index in [1.54, 1.807) is 19.9 Å². The molecule has 26 heavy (non-hydrogen) atoms. The van der Waals surface area contributed by atoms with Gasteiger partial charge in [0.1, 0.15) is 23.2 Å². The molecule has 3 rings (SSSR count). The van der Waals surface area contributed by atoms with Gasteiger partial charge in [-0.2, -0.15) is 0 Å². The highest BCUT2D eigenvalue weighted by atomic mass is 32.2. The van der Waals surface area contributed by atoms with Gasteiger partial charge >= 0.3 is 11.6 Å². The number of rotatable bonds is 5. The first-order valence-corrected chi connectivity index (χ1v) is 8.97. The summed E-state index contributed by atoms with van der Waals surface area (Å²) < 4.78 is 10.6. The lowest BCUT2D eigenvalue weighted by Crippen LogP contribution is -2.17. The minimum Gasteiger partial charge on any atom is -0.508 e. The highest BCUT2D eigenvalue weighted by Gasteiger charge is 2.17. The average molecular weight is 370 g/mol. The van der Waals surface area contributed by atoms with Crippen LogP contribution in [0.4, 0.5) is 0 Å².